The lowest BCUT2D eigenvalue weighted by Crippen LogP contribution is -2.15. The molecule has 0 saturated carbocycles. The second-order valence-electron chi connectivity index (χ2n) is 5.81. The Balaban J connectivity index is 2.02. The van der Waals surface area contributed by atoms with Gasteiger partial charge in [0.15, 0.2) is 0 Å². The number of hydrogen-bond donors (Lipinski definition) is 1. The zero-order valence-electron chi connectivity index (χ0n) is 14.0. The van der Waals surface area contributed by atoms with Crippen molar-refractivity contribution in [1.82, 2.24) is 5.16 Å². The Morgan fingerprint density at radius 3 is 2.44 bits per heavy atom. The van der Waals surface area contributed by atoms with E-state index in [1.165, 1.54) is 0 Å². The van der Waals surface area contributed by atoms with Gasteiger partial charge < -0.3 is 9.84 Å². The number of rotatable bonds is 3. The Hall–Kier alpha value is -2.11. The van der Waals surface area contributed by atoms with Gasteiger partial charge in [0.1, 0.15) is 17.0 Å². The minimum Gasteiger partial charge on any atom is -0.360 e. The Morgan fingerprint density at radius 2 is 1.80 bits per heavy atom. The maximum atomic E-state index is 12.9. The molecule has 0 fully saturated rings. The molecule has 0 saturated heterocycles. The largest absolute Gasteiger partial charge is 0.360 e. The van der Waals surface area contributed by atoms with Crippen molar-refractivity contribution in [3.05, 3.63) is 68.3 Å². The van der Waals surface area contributed by atoms with E-state index in [4.69, 9.17) is 16.1 Å². The molecule has 128 valence electrons. The van der Waals surface area contributed by atoms with E-state index in [-0.39, 0.29) is 5.91 Å². The highest BCUT2D eigenvalue weighted by Gasteiger charge is 2.23. The predicted octanol–water partition coefficient (Wildman–Crippen LogP) is 5.94. The summed E-state index contributed by atoms with van der Waals surface area (Å²) < 4.78 is 6.24. The van der Waals surface area contributed by atoms with E-state index in [0.717, 1.165) is 21.3 Å². The van der Waals surface area contributed by atoms with E-state index in [2.05, 4.69) is 26.4 Å². The molecule has 0 radical (unpaired) electrons. The molecule has 25 heavy (non-hydrogen) atoms. The summed E-state index contributed by atoms with van der Waals surface area (Å²) in [6, 6.07) is 11.2. The van der Waals surface area contributed by atoms with Crippen LogP contribution in [0.4, 0.5) is 5.69 Å². The van der Waals surface area contributed by atoms with Gasteiger partial charge in [0.05, 0.1) is 5.02 Å². The van der Waals surface area contributed by atoms with Crippen LogP contribution >= 0.6 is 27.5 Å². The molecule has 0 spiro atoms. The SMILES string of the molecule is Cc1cc(Br)cc(C)c1NC(=O)c1c(-c2ccccc2Cl)noc1C. The van der Waals surface area contributed by atoms with Crippen LogP contribution in [-0.2, 0) is 0 Å². The lowest BCUT2D eigenvalue weighted by atomic mass is 10.0. The molecule has 3 aromatic rings. The molecule has 2 aromatic carbocycles. The fourth-order valence-electron chi connectivity index (χ4n) is 2.76. The highest BCUT2D eigenvalue weighted by Crippen LogP contribution is 2.32. The van der Waals surface area contributed by atoms with Crippen LogP contribution in [0.1, 0.15) is 27.2 Å². The third kappa shape index (κ3) is 3.48. The van der Waals surface area contributed by atoms with Gasteiger partial charge in [-0.3, -0.25) is 4.79 Å². The molecule has 0 unspecified atom stereocenters. The first-order chi connectivity index (χ1) is 11.9. The molecular weight excluding hydrogens is 404 g/mol. The summed E-state index contributed by atoms with van der Waals surface area (Å²) in [6.45, 7) is 5.61. The predicted molar refractivity (Wildman–Crippen MR) is 103 cm³/mol. The van der Waals surface area contributed by atoms with Gasteiger partial charge in [0.25, 0.3) is 5.91 Å². The minimum atomic E-state index is -0.276. The number of hydrogen-bond acceptors (Lipinski definition) is 3. The molecule has 1 N–H and O–H groups in total. The van der Waals surface area contributed by atoms with Crippen LogP contribution < -0.4 is 5.32 Å². The topological polar surface area (TPSA) is 55.1 Å². The number of halogens is 2. The maximum absolute atomic E-state index is 12.9. The quantitative estimate of drug-likeness (QED) is 0.572. The molecule has 0 bridgehead atoms. The average Bonchev–Trinajstić information content (AvgIpc) is 2.92. The summed E-state index contributed by atoms with van der Waals surface area (Å²) in [6.07, 6.45) is 0. The monoisotopic (exact) mass is 418 g/mol. The number of aryl methyl sites for hydroxylation is 3. The Labute approximate surface area is 159 Å². The van der Waals surface area contributed by atoms with E-state index in [9.17, 15) is 4.79 Å². The second-order valence-corrected chi connectivity index (χ2v) is 7.13. The van der Waals surface area contributed by atoms with Crippen LogP contribution in [-0.4, -0.2) is 11.1 Å². The number of carbonyl (C=O) groups excluding carboxylic acids is 1. The van der Waals surface area contributed by atoms with Crippen LogP contribution in [0.2, 0.25) is 5.02 Å². The molecule has 1 aromatic heterocycles. The highest BCUT2D eigenvalue weighted by molar-refractivity contribution is 9.10. The number of benzene rings is 2. The zero-order chi connectivity index (χ0) is 18.1. The van der Waals surface area contributed by atoms with E-state index >= 15 is 0 Å². The molecule has 0 aliphatic rings. The van der Waals surface area contributed by atoms with Gasteiger partial charge in [-0.05, 0) is 50.1 Å². The fraction of sp³-hybridized carbons (Fsp3) is 0.158. The molecule has 0 aliphatic carbocycles. The van der Waals surface area contributed by atoms with Gasteiger partial charge in [0.2, 0.25) is 0 Å². The summed E-state index contributed by atoms with van der Waals surface area (Å²) in [5.74, 6) is 0.169. The number of anilines is 1. The van der Waals surface area contributed by atoms with Crippen molar-refractivity contribution >= 4 is 39.1 Å². The molecule has 1 amide bonds. The molecular formula is C19H16BrClN2O2. The van der Waals surface area contributed by atoms with Crippen molar-refractivity contribution in [2.45, 2.75) is 20.8 Å². The van der Waals surface area contributed by atoms with Crippen LogP contribution in [0.15, 0.2) is 45.4 Å². The number of carbonyl (C=O) groups is 1. The zero-order valence-corrected chi connectivity index (χ0v) is 16.3. The van der Waals surface area contributed by atoms with Crippen LogP contribution in [0.3, 0.4) is 0 Å². The lowest BCUT2D eigenvalue weighted by Gasteiger charge is -2.12. The van der Waals surface area contributed by atoms with Crippen molar-refractivity contribution in [3.8, 4) is 11.3 Å². The molecule has 0 atom stereocenters. The third-order valence-electron chi connectivity index (χ3n) is 3.95. The number of nitrogens with one attached hydrogen (secondary N) is 1. The fourth-order valence-corrected chi connectivity index (χ4v) is 3.67. The third-order valence-corrected chi connectivity index (χ3v) is 4.74. The van der Waals surface area contributed by atoms with Gasteiger partial charge in [0, 0.05) is 15.7 Å². The van der Waals surface area contributed by atoms with Gasteiger partial charge in [-0.2, -0.15) is 0 Å². The number of nitrogens with zero attached hydrogens (tertiary/aromatic N) is 1. The maximum Gasteiger partial charge on any atom is 0.261 e. The van der Waals surface area contributed by atoms with Gasteiger partial charge >= 0.3 is 0 Å². The molecule has 1 heterocycles. The molecule has 3 rings (SSSR count). The Kier molecular flexibility index (Phi) is 4.97. The normalized spacial score (nSPS) is 10.8. The van der Waals surface area contributed by atoms with Crippen molar-refractivity contribution < 1.29 is 9.32 Å². The smallest absolute Gasteiger partial charge is 0.261 e. The Bertz CT molecular complexity index is 943. The number of aromatic nitrogens is 1. The van der Waals surface area contributed by atoms with E-state index in [1.54, 1.807) is 13.0 Å². The second kappa shape index (κ2) is 7.02. The van der Waals surface area contributed by atoms with Gasteiger partial charge in [-0.25, -0.2) is 0 Å². The van der Waals surface area contributed by atoms with E-state index < -0.39 is 0 Å². The standard InChI is InChI=1S/C19H16BrClN2O2/c1-10-8-13(20)9-11(2)17(10)22-19(24)16-12(3)25-23-18(16)14-6-4-5-7-15(14)21/h4-9H,1-3H3,(H,22,24). The first-order valence-corrected chi connectivity index (χ1v) is 8.85. The molecule has 4 nitrogen and oxygen atoms in total. The minimum absolute atomic E-state index is 0.276. The van der Waals surface area contributed by atoms with Crippen LogP contribution in [0.25, 0.3) is 11.3 Å². The lowest BCUT2D eigenvalue weighted by molar-refractivity contribution is 0.102. The Morgan fingerprint density at radius 1 is 1.16 bits per heavy atom. The van der Waals surface area contributed by atoms with Crippen molar-refractivity contribution in [2.75, 3.05) is 5.32 Å². The van der Waals surface area contributed by atoms with Crippen molar-refractivity contribution in [2.24, 2.45) is 0 Å². The molecule has 0 aliphatic heterocycles. The summed E-state index contributed by atoms with van der Waals surface area (Å²) in [4.78, 5) is 12.9. The first kappa shape index (κ1) is 17.7. The summed E-state index contributed by atoms with van der Waals surface area (Å²) in [5, 5.41) is 7.53. The van der Waals surface area contributed by atoms with Crippen LogP contribution in [0.5, 0.6) is 0 Å². The van der Waals surface area contributed by atoms with Gasteiger partial charge in [-0.1, -0.05) is 50.9 Å². The highest BCUT2D eigenvalue weighted by atomic mass is 79.9. The van der Waals surface area contributed by atoms with Crippen molar-refractivity contribution in [1.29, 1.82) is 0 Å². The summed E-state index contributed by atoms with van der Waals surface area (Å²) in [7, 11) is 0. The van der Waals surface area contributed by atoms with E-state index in [1.807, 2.05) is 44.2 Å². The summed E-state index contributed by atoms with van der Waals surface area (Å²) in [5.41, 5.74) is 4.19. The average molecular weight is 420 g/mol. The van der Waals surface area contributed by atoms with Gasteiger partial charge in [-0.15, -0.1) is 0 Å². The molecule has 6 heteroatoms. The number of amides is 1. The first-order valence-electron chi connectivity index (χ1n) is 7.67. The summed E-state index contributed by atoms with van der Waals surface area (Å²) >= 11 is 9.72. The van der Waals surface area contributed by atoms with Crippen LogP contribution in [0, 0.1) is 20.8 Å². The van der Waals surface area contributed by atoms with E-state index in [0.29, 0.717) is 27.6 Å². The van der Waals surface area contributed by atoms with Crippen molar-refractivity contribution in [3.63, 3.8) is 0 Å².